The van der Waals surface area contributed by atoms with Crippen molar-refractivity contribution in [3.63, 3.8) is 0 Å². The second-order valence-corrected chi connectivity index (χ2v) is 18.1. The van der Waals surface area contributed by atoms with E-state index in [0.717, 1.165) is 44.9 Å². The van der Waals surface area contributed by atoms with Gasteiger partial charge >= 0.3 is 6.09 Å². The van der Waals surface area contributed by atoms with Crippen LogP contribution in [0.2, 0.25) is 0 Å². The number of rotatable bonds is 9. The second kappa shape index (κ2) is 11.9. The SMILES string of the molecule is CCC(C)(C)CC[C@@](C)(CC[C@]1(C)C(C)C(=O)CC2[C@@]3(C)C=C(C#N)C(=O)C(C)(C)C3CC[C@]21C)CNC(=O)OC(C)(C)C. The molecule has 248 valence electrons. The van der Waals surface area contributed by atoms with Crippen molar-refractivity contribution in [2.75, 3.05) is 6.54 Å². The van der Waals surface area contributed by atoms with Gasteiger partial charge < -0.3 is 10.1 Å². The molecule has 0 spiro atoms. The minimum Gasteiger partial charge on any atom is -0.444 e. The maximum absolute atomic E-state index is 13.9. The van der Waals surface area contributed by atoms with Crippen molar-refractivity contribution in [1.82, 2.24) is 5.32 Å². The number of ketones is 2. The zero-order chi connectivity index (χ0) is 33.7. The predicted octanol–water partition coefficient (Wildman–Crippen LogP) is 9.23. The van der Waals surface area contributed by atoms with Gasteiger partial charge in [-0.15, -0.1) is 0 Å². The van der Waals surface area contributed by atoms with Gasteiger partial charge in [0.15, 0.2) is 5.78 Å². The minimum atomic E-state index is -0.642. The minimum absolute atomic E-state index is 0.0448. The van der Waals surface area contributed by atoms with E-state index >= 15 is 0 Å². The van der Waals surface area contributed by atoms with Crippen molar-refractivity contribution in [3.8, 4) is 6.07 Å². The molecule has 0 saturated heterocycles. The first-order valence-corrected chi connectivity index (χ1v) is 17.1. The zero-order valence-electron chi connectivity index (χ0n) is 30.3. The van der Waals surface area contributed by atoms with E-state index < -0.39 is 22.5 Å². The molecule has 0 radical (unpaired) electrons. The van der Waals surface area contributed by atoms with Gasteiger partial charge in [-0.25, -0.2) is 4.79 Å². The third-order valence-electron chi connectivity index (χ3n) is 13.3. The van der Waals surface area contributed by atoms with Crippen LogP contribution >= 0.6 is 0 Å². The van der Waals surface area contributed by atoms with Crippen LogP contribution in [0.5, 0.6) is 0 Å². The number of nitrogens with zero attached hydrogens (tertiary/aromatic N) is 1. The number of Topliss-reactive ketones (excluding diaryl/α,β-unsaturated/α-hetero) is 2. The third-order valence-corrected chi connectivity index (χ3v) is 13.3. The Morgan fingerprint density at radius 3 is 2.18 bits per heavy atom. The predicted molar refractivity (Wildman–Crippen MR) is 177 cm³/mol. The quantitative estimate of drug-likeness (QED) is 0.281. The fraction of sp³-hybridized carbons (Fsp3) is 0.842. The standard InChI is InChI=1S/C38H62N2O4/c1-14-33(6,7)17-18-35(10,24-40-31(43)44-32(3,4)5)19-20-37(12)25(2)27(41)21-29-36(11)22-26(23-39)30(42)34(8,9)28(36)15-16-38(29,37)13/h22,25,28-29H,14-21,24H2,1-13H3,(H,40,43)/t25?,28?,29?,35-,36-,37+,38+/m0/s1. The highest BCUT2D eigenvalue weighted by atomic mass is 16.6. The molecular weight excluding hydrogens is 548 g/mol. The van der Waals surface area contributed by atoms with Gasteiger partial charge in [0, 0.05) is 24.3 Å². The Labute approximate surface area is 268 Å². The lowest BCUT2D eigenvalue weighted by molar-refractivity contribution is -0.187. The molecule has 1 amide bonds. The van der Waals surface area contributed by atoms with Crippen molar-refractivity contribution < 1.29 is 19.1 Å². The molecule has 3 unspecified atom stereocenters. The van der Waals surface area contributed by atoms with Crippen LogP contribution < -0.4 is 5.32 Å². The van der Waals surface area contributed by atoms with E-state index in [2.05, 4.69) is 66.8 Å². The molecule has 0 aromatic rings. The highest BCUT2D eigenvalue weighted by Crippen LogP contribution is 2.71. The van der Waals surface area contributed by atoms with Crippen LogP contribution in [0.1, 0.15) is 141 Å². The largest absolute Gasteiger partial charge is 0.444 e. The smallest absolute Gasteiger partial charge is 0.407 e. The van der Waals surface area contributed by atoms with E-state index in [0.29, 0.717) is 18.7 Å². The molecule has 1 N–H and O–H groups in total. The number of fused-ring (bicyclic) bond motifs is 3. The molecule has 2 fully saturated rings. The van der Waals surface area contributed by atoms with Crippen molar-refractivity contribution in [2.45, 2.75) is 147 Å². The van der Waals surface area contributed by atoms with Crippen LogP contribution in [0.4, 0.5) is 4.79 Å². The summed E-state index contributed by atoms with van der Waals surface area (Å²) in [7, 11) is 0. The van der Waals surface area contributed by atoms with Crippen molar-refractivity contribution >= 4 is 17.7 Å². The van der Waals surface area contributed by atoms with E-state index in [-0.39, 0.29) is 50.8 Å². The normalized spacial score (nSPS) is 35.0. The van der Waals surface area contributed by atoms with Crippen LogP contribution in [-0.2, 0) is 14.3 Å². The number of nitriles is 1. The molecule has 0 aliphatic heterocycles. The van der Waals surface area contributed by atoms with Crippen molar-refractivity contribution in [2.24, 2.45) is 50.2 Å². The van der Waals surface area contributed by atoms with Crippen LogP contribution in [0.15, 0.2) is 11.6 Å². The average Bonchev–Trinajstić information content (AvgIpc) is 2.91. The Morgan fingerprint density at radius 1 is 1.02 bits per heavy atom. The molecule has 6 heteroatoms. The number of nitrogens with one attached hydrogen (secondary N) is 1. The summed E-state index contributed by atoms with van der Waals surface area (Å²) in [5.74, 6) is 0.259. The van der Waals surface area contributed by atoms with Crippen LogP contribution in [0.25, 0.3) is 0 Å². The molecular formula is C38H62N2O4. The molecule has 7 atom stereocenters. The summed E-state index contributed by atoms with van der Waals surface area (Å²) in [5.41, 5.74) is -1.77. The number of amides is 1. The summed E-state index contributed by atoms with van der Waals surface area (Å²) in [6, 6.07) is 2.21. The molecule has 44 heavy (non-hydrogen) atoms. The van der Waals surface area contributed by atoms with Gasteiger partial charge in [-0.3, -0.25) is 9.59 Å². The van der Waals surface area contributed by atoms with Gasteiger partial charge in [0.25, 0.3) is 0 Å². The van der Waals surface area contributed by atoms with E-state index in [1.165, 1.54) is 0 Å². The van der Waals surface area contributed by atoms with Gasteiger partial charge in [-0.1, -0.05) is 81.7 Å². The molecule has 0 aromatic heterocycles. The zero-order valence-corrected chi connectivity index (χ0v) is 30.3. The second-order valence-electron chi connectivity index (χ2n) is 18.1. The number of allylic oxidation sites excluding steroid dienone is 2. The van der Waals surface area contributed by atoms with Crippen LogP contribution in [0, 0.1) is 61.6 Å². The van der Waals surface area contributed by atoms with Crippen LogP contribution in [0.3, 0.4) is 0 Å². The number of carbonyl (C=O) groups is 3. The van der Waals surface area contributed by atoms with Crippen molar-refractivity contribution in [3.05, 3.63) is 11.6 Å². The van der Waals surface area contributed by atoms with E-state index in [9.17, 15) is 19.6 Å². The van der Waals surface area contributed by atoms with Gasteiger partial charge in [0.05, 0.1) is 5.57 Å². The molecule has 0 heterocycles. The Bertz CT molecular complexity index is 1220. The van der Waals surface area contributed by atoms with Gasteiger partial charge in [0.1, 0.15) is 17.5 Å². The third kappa shape index (κ3) is 6.54. The first-order chi connectivity index (χ1) is 19.9. The first kappa shape index (κ1) is 36.3. The Hall–Kier alpha value is -2.16. The monoisotopic (exact) mass is 610 g/mol. The van der Waals surface area contributed by atoms with E-state index in [4.69, 9.17) is 4.74 Å². The van der Waals surface area contributed by atoms with E-state index in [1.807, 2.05) is 40.7 Å². The lowest BCUT2D eigenvalue weighted by Gasteiger charge is -2.68. The molecule has 3 aliphatic carbocycles. The highest BCUT2D eigenvalue weighted by molar-refractivity contribution is 6.04. The topological polar surface area (TPSA) is 96.3 Å². The van der Waals surface area contributed by atoms with Gasteiger partial charge in [-0.2, -0.15) is 5.26 Å². The maximum Gasteiger partial charge on any atom is 0.407 e. The Kier molecular flexibility index (Phi) is 9.81. The Morgan fingerprint density at radius 2 is 1.64 bits per heavy atom. The lowest BCUT2D eigenvalue weighted by atomic mass is 9.35. The molecule has 3 aliphatic rings. The number of alkyl carbamates (subject to hydrolysis) is 1. The van der Waals surface area contributed by atoms with Crippen molar-refractivity contribution in [1.29, 1.82) is 5.26 Å². The number of hydrogen-bond donors (Lipinski definition) is 1. The first-order valence-electron chi connectivity index (χ1n) is 17.1. The molecule has 2 saturated carbocycles. The molecule has 6 nitrogen and oxygen atoms in total. The summed E-state index contributed by atoms with van der Waals surface area (Å²) >= 11 is 0. The molecule has 0 aromatic carbocycles. The average molecular weight is 611 g/mol. The lowest BCUT2D eigenvalue weighted by Crippen LogP contribution is -2.64. The number of ether oxygens (including phenoxy) is 1. The summed E-state index contributed by atoms with van der Waals surface area (Å²) in [6.45, 7) is 28.3. The Balaban J connectivity index is 1.99. The summed E-state index contributed by atoms with van der Waals surface area (Å²) in [5, 5.41) is 13.1. The maximum atomic E-state index is 13.9. The number of hydrogen-bond acceptors (Lipinski definition) is 5. The van der Waals surface area contributed by atoms with Gasteiger partial charge in [-0.05, 0) is 98.2 Å². The van der Waals surface area contributed by atoms with Crippen LogP contribution in [-0.4, -0.2) is 29.8 Å². The summed E-state index contributed by atoms with van der Waals surface area (Å²) < 4.78 is 5.59. The summed E-state index contributed by atoms with van der Waals surface area (Å²) in [4.78, 5) is 40.0. The molecule has 0 bridgehead atoms. The van der Waals surface area contributed by atoms with E-state index in [1.54, 1.807) is 0 Å². The fourth-order valence-electron chi connectivity index (χ4n) is 9.30. The van der Waals surface area contributed by atoms with Gasteiger partial charge in [0.2, 0.25) is 0 Å². The fourth-order valence-corrected chi connectivity index (χ4v) is 9.30. The summed E-state index contributed by atoms with van der Waals surface area (Å²) in [6.07, 6.45) is 8.75. The number of carbonyl (C=O) groups excluding carboxylic acids is 3. The molecule has 3 rings (SSSR count). The highest BCUT2D eigenvalue weighted by Gasteiger charge is 2.67.